The number of benzene rings is 1. The van der Waals surface area contributed by atoms with Gasteiger partial charge in [-0.2, -0.15) is 13.2 Å². The van der Waals surface area contributed by atoms with E-state index in [2.05, 4.69) is 9.97 Å². The number of carbonyl (C=O) groups is 1. The lowest BCUT2D eigenvalue weighted by atomic mass is 9.97. The molecule has 0 saturated heterocycles. The first-order valence-electron chi connectivity index (χ1n) is 8.92. The van der Waals surface area contributed by atoms with Crippen LogP contribution in [0, 0.1) is 19.3 Å². The summed E-state index contributed by atoms with van der Waals surface area (Å²) in [6.45, 7) is 3.46. The molecule has 1 aromatic heterocycles. The summed E-state index contributed by atoms with van der Waals surface area (Å²) < 4.78 is 39.6. The van der Waals surface area contributed by atoms with Gasteiger partial charge in [0.05, 0.1) is 29.2 Å². The zero-order chi connectivity index (χ0) is 21.3. The van der Waals surface area contributed by atoms with Crippen LogP contribution in [0.15, 0.2) is 24.3 Å². The maximum absolute atomic E-state index is 13.2. The number of halogens is 3. The van der Waals surface area contributed by atoms with Crippen molar-refractivity contribution in [1.29, 1.82) is 5.41 Å². The first-order valence-corrected chi connectivity index (χ1v) is 8.92. The number of alkyl halides is 3. The summed E-state index contributed by atoms with van der Waals surface area (Å²) in [7, 11) is 0. The summed E-state index contributed by atoms with van der Waals surface area (Å²) in [4.78, 5) is 23.2. The van der Waals surface area contributed by atoms with Crippen LogP contribution < -0.4 is 5.73 Å². The Morgan fingerprint density at radius 2 is 2.00 bits per heavy atom. The molecule has 0 bridgehead atoms. The van der Waals surface area contributed by atoms with Gasteiger partial charge in [-0.1, -0.05) is 6.07 Å². The average Bonchev–Trinajstić information content (AvgIpc) is 2.65. The van der Waals surface area contributed by atoms with Crippen molar-refractivity contribution in [2.75, 3.05) is 6.54 Å². The molecule has 2 heterocycles. The molecular weight excluding hydrogens is 383 g/mol. The second kappa shape index (κ2) is 7.65. The summed E-state index contributed by atoms with van der Waals surface area (Å²) in [5.74, 6) is -0.00954. The van der Waals surface area contributed by atoms with Crippen LogP contribution in [0.25, 0.3) is 5.70 Å². The standard InChI is InChI=1S/C20H20F3N5O/c1-11-13(4-3-5-15(11)20(21,22)23)19(29)28-9-7-14-17(10-28)26-12(2)27-18(14)16(25)6-8-24/h3-6,8,24H,7,9-10,25H2,1-2H3/b16-6-,24-8?. The number of aryl methyl sites for hydroxylation is 1. The molecule has 0 spiro atoms. The number of rotatable bonds is 3. The van der Waals surface area contributed by atoms with Gasteiger partial charge in [-0.15, -0.1) is 0 Å². The van der Waals surface area contributed by atoms with Crippen molar-refractivity contribution >= 4 is 17.8 Å². The lowest BCUT2D eigenvalue weighted by molar-refractivity contribution is -0.138. The van der Waals surface area contributed by atoms with Crippen LogP contribution in [0.5, 0.6) is 0 Å². The number of carbonyl (C=O) groups excluding carboxylic acids is 1. The molecule has 0 aliphatic carbocycles. The molecule has 152 valence electrons. The van der Waals surface area contributed by atoms with Gasteiger partial charge in [0.25, 0.3) is 5.91 Å². The molecular formula is C20H20F3N5O. The number of nitrogens with zero attached hydrogens (tertiary/aromatic N) is 3. The van der Waals surface area contributed by atoms with E-state index in [0.29, 0.717) is 35.9 Å². The van der Waals surface area contributed by atoms with Crippen molar-refractivity contribution in [3.05, 3.63) is 63.7 Å². The zero-order valence-electron chi connectivity index (χ0n) is 16.0. The Morgan fingerprint density at radius 3 is 2.66 bits per heavy atom. The minimum Gasteiger partial charge on any atom is -0.397 e. The van der Waals surface area contributed by atoms with Crippen molar-refractivity contribution in [2.45, 2.75) is 33.0 Å². The highest BCUT2D eigenvalue weighted by atomic mass is 19.4. The second-order valence-corrected chi connectivity index (χ2v) is 6.79. The van der Waals surface area contributed by atoms with Crippen LogP contribution in [0.3, 0.4) is 0 Å². The van der Waals surface area contributed by atoms with Gasteiger partial charge in [0.1, 0.15) is 5.82 Å². The average molecular weight is 403 g/mol. The highest BCUT2D eigenvalue weighted by molar-refractivity contribution is 5.96. The number of fused-ring (bicyclic) bond motifs is 1. The van der Waals surface area contributed by atoms with Crippen LogP contribution in [0.4, 0.5) is 13.2 Å². The molecule has 6 nitrogen and oxygen atoms in total. The van der Waals surface area contributed by atoms with Crippen LogP contribution in [-0.4, -0.2) is 33.5 Å². The number of allylic oxidation sites excluding steroid dienone is 1. The Hall–Kier alpha value is -3.23. The van der Waals surface area contributed by atoms with E-state index in [0.717, 1.165) is 17.8 Å². The molecule has 0 saturated carbocycles. The lowest BCUT2D eigenvalue weighted by Gasteiger charge is -2.30. The second-order valence-electron chi connectivity index (χ2n) is 6.79. The normalized spacial score (nSPS) is 14.5. The first-order chi connectivity index (χ1) is 13.6. The van der Waals surface area contributed by atoms with Crippen molar-refractivity contribution in [1.82, 2.24) is 14.9 Å². The van der Waals surface area contributed by atoms with Gasteiger partial charge in [-0.3, -0.25) is 4.79 Å². The molecule has 3 N–H and O–H groups in total. The Balaban J connectivity index is 1.95. The highest BCUT2D eigenvalue weighted by Gasteiger charge is 2.34. The Morgan fingerprint density at radius 1 is 1.28 bits per heavy atom. The SMILES string of the molecule is Cc1nc2c(c(/C(N)=C/C=N)n1)CCN(C(=O)c1cccc(C(F)(F)F)c1C)C2. The van der Waals surface area contributed by atoms with E-state index < -0.39 is 17.6 Å². The molecule has 0 radical (unpaired) electrons. The highest BCUT2D eigenvalue weighted by Crippen LogP contribution is 2.33. The van der Waals surface area contributed by atoms with Gasteiger partial charge in [0.15, 0.2) is 0 Å². The van der Waals surface area contributed by atoms with E-state index in [1.807, 2.05) is 0 Å². The molecule has 9 heteroatoms. The molecule has 29 heavy (non-hydrogen) atoms. The van der Waals surface area contributed by atoms with E-state index in [4.69, 9.17) is 11.1 Å². The van der Waals surface area contributed by atoms with Gasteiger partial charge in [0, 0.05) is 23.9 Å². The lowest BCUT2D eigenvalue weighted by Crippen LogP contribution is -2.38. The Bertz CT molecular complexity index is 1010. The van der Waals surface area contributed by atoms with Gasteiger partial charge in [0.2, 0.25) is 0 Å². The van der Waals surface area contributed by atoms with Gasteiger partial charge < -0.3 is 16.0 Å². The largest absolute Gasteiger partial charge is 0.416 e. The molecule has 3 rings (SSSR count). The molecule has 1 aliphatic rings. The van der Waals surface area contributed by atoms with Crippen molar-refractivity contribution in [2.24, 2.45) is 5.73 Å². The topological polar surface area (TPSA) is 96.0 Å². The predicted octanol–water partition coefficient (Wildman–Crippen LogP) is 3.26. The number of nitrogens with one attached hydrogen (secondary N) is 1. The van der Waals surface area contributed by atoms with Crippen molar-refractivity contribution in [3.63, 3.8) is 0 Å². The molecule has 1 aromatic carbocycles. The first kappa shape index (κ1) is 20.5. The third-order valence-corrected chi connectivity index (χ3v) is 4.87. The molecule has 0 atom stereocenters. The molecule has 0 fully saturated rings. The Labute approximate surface area is 165 Å². The minimum atomic E-state index is -4.52. The molecule has 1 aliphatic heterocycles. The van der Waals surface area contributed by atoms with Gasteiger partial charge in [-0.05, 0) is 44.0 Å². The minimum absolute atomic E-state index is 0.0255. The van der Waals surface area contributed by atoms with Gasteiger partial charge >= 0.3 is 6.18 Å². The van der Waals surface area contributed by atoms with Crippen molar-refractivity contribution in [3.8, 4) is 0 Å². The third-order valence-electron chi connectivity index (χ3n) is 4.87. The number of nitrogens with two attached hydrogens (primary N) is 1. The van der Waals surface area contributed by atoms with E-state index in [1.54, 1.807) is 6.92 Å². The van der Waals surface area contributed by atoms with E-state index in [-0.39, 0.29) is 17.7 Å². The summed E-state index contributed by atoms with van der Waals surface area (Å²) in [6, 6.07) is 3.62. The fourth-order valence-corrected chi connectivity index (χ4v) is 3.48. The summed E-state index contributed by atoms with van der Waals surface area (Å²) >= 11 is 0. The maximum atomic E-state index is 13.2. The summed E-state index contributed by atoms with van der Waals surface area (Å²) in [6.07, 6.45) is -1.62. The zero-order valence-corrected chi connectivity index (χ0v) is 16.0. The smallest absolute Gasteiger partial charge is 0.397 e. The number of hydrogen-bond acceptors (Lipinski definition) is 5. The van der Waals surface area contributed by atoms with Crippen LogP contribution in [-0.2, 0) is 19.1 Å². The number of aromatic nitrogens is 2. The molecule has 1 amide bonds. The quantitative estimate of drug-likeness (QED) is 0.769. The maximum Gasteiger partial charge on any atom is 0.416 e. The van der Waals surface area contributed by atoms with Gasteiger partial charge in [-0.25, -0.2) is 9.97 Å². The molecule has 2 aromatic rings. The fraction of sp³-hybridized carbons (Fsp3) is 0.300. The third kappa shape index (κ3) is 3.98. The molecule has 0 unspecified atom stereocenters. The number of amides is 1. The van der Waals surface area contributed by atoms with E-state index in [1.165, 1.54) is 30.0 Å². The number of hydrogen-bond donors (Lipinski definition) is 2. The summed E-state index contributed by atoms with van der Waals surface area (Å²) in [5, 5.41) is 7.18. The van der Waals surface area contributed by atoms with Crippen molar-refractivity contribution < 1.29 is 18.0 Å². The Kier molecular flexibility index (Phi) is 5.41. The summed E-state index contributed by atoms with van der Waals surface area (Å²) in [5.41, 5.74) is 7.37. The van der Waals surface area contributed by atoms with Crippen LogP contribution in [0.1, 0.15) is 44.3 Å². The predicted molar refractivity (Wildman–Crippen MR) is 102 cm³/mol. The van der Waals surface area contributed by atoms with Crippen LogP contribution in [0.2, 0.25) is 0 Å². The monoisotopic (exact) mass is 403 g/mol. The van der Waals surface area contributed by atoms with E-state index in [9.17, 15) is 18.0 Å². The van der Waals surface area contributed by atoms with Crippen LogP contribution >= 0.6 is 0 Å². The fourth-order valence-electron chi connectivity index (χ4n) is 3.48. The van der Waals surface area contributed by atoms with E-state index >= 15 is 0 Å².